The van der Waals surface area contributed by atoms with Crippen molar-refractivity contribution in [1.82, 2.24) is 9.88 Å². The molecular weight excluding hydrogens is 252 g/mol. The summed E-state index contributed by atoms with van der Waals surface area (Å²) in [7, 11) is 2.06. The van der Waals surface area contributed by atoms with Crippen molar-refractivity contribution in [2.45, 2.75) is 37.1 Å². The minimum absolute atomic E-state index is 0.520. The maximum Gasteiger partial charge on any atom is 0.0496 e. The van der Waals surface area contributed by atoms with Gasteiger partial charge in [-0.25, -0.2) is 0 Å². The molecule has 1 aromatic carbocycles. The lowest BCUT2D eigenvalue weighted by atomic mass is 10.0. The number of hydrogen-bond donors (Lipinski definition) is 1. The lowest BCUT2D eigenvalue weighted by Crippen LogP contribution is -2.23. The predicted molar refractivity (Wildman–Crippen MR) is 84.3 cm³/mol. The number of aromatic nitrogens is 1. The summed E-state index contributed by atoms with van der Waals surface area (Å²) in [6.45, 7) is 5.67. The topological polar surface area (TPSA) is 17.0 Å². The van der Waals surface area contributed by atoms with Crippen molar-refractivity contribution in [3.8, 4) is 0 Å². The van der Waals surface area contributed by atoms with Gasteiger partial charge in [-0.15, -0.1) is 11.8 Å². The van der Waals surface area contributed by atoms with Crippen LogP contribution < -0.4 is 5.32 Å². The van der Waals surface area contributed by atoms with Crippen LogP contribution in [-0.2, 0) is 0 Å². The van der Waals surface area contributed by atoms with E-state index in [-0.39, 0.29) is 0 Å². The summed E-state index contributed by atoms with van der Waals surface area (Å²) in [6, 6.07) is 9.39. The molecule has 2 nitrogen and oxygen atoms in total. The summed E-state index contributed by atoms with van der Waals surface area (Å²) in [6.07, 6.45) is 1.28. The van der Waals surface area contributed by atoms with E-state index in [4.69, 9.17) is 0 Å². The van der Waals surface area contributed by atoms with Crippen molar-refractivity contribution in [3.63, 3.8) is 0 Å². The van der Waals surface area contributed by atoms with E-state index in [1.54, 1.807) is 5.69 Å². The third-order valence-electron chi connectivity index (χ3n) is 3.97. The fourth-order valence-corrected chi connectivity index (χ4v) is 4.58. The molecule has 2 aromatic rings. The van der Waals surface area contributed by atoms with Crippen LogP contribution in [0.4, 0.5) is 0 Å². The summed E-state index contributed by atoms with van der Waals surface area (Å²) in [5.41, 5.74) is 2.96. The third-order valence-corrected chi connectivity index (χ3v) is 5.12. The highest BCUT2D eigenvalue weighted by Gasteiger charge is 2.28. The second-order valence-corrected chi connectivity index (χ2v) is 6.69. The standard InChI is InChI=1S/C16H22N2S/c1-11(2)18-14-7-5-4-6-13(14)16-15(18)12(10-17-3)8-9-19-16/h4-7,11-12,17H,8-10H2,1-3H3. The molecule has 1 unspecified atom stereocenters. The van der Waals surface area contributed by atoms with Crippen LogP contribution in [0.3, 0.4) is 0 Å². The number of fused-ring (bicyclic) bond motifs is 3. The molecule has 1 aliphatic heterocycles. The first-order valence-electron chi connectivity index (χ1n) is 7.14. The van der Waals surface area contributed by atoms with Crippen LogP contribution in [0.1, 0.15) is 37.9 Å². The third kappa shape index (κ3) is 2.09. The van der Waals surface area contributed by atoms with E-state index in [0.29, 0.717) is 12.0 Å². The zero-order chi connectivity index (χ0) is 13.4. The molecular formula is C16H22N2S. The normalized spacial score (nSPS) is 19.1. The Morgan fingerprint density at radius 1 is 1.37 bits per heavy atom. The molecule has 0 radical (unpaired) electrons. The van der Waals surface area contributed by atoms with Crippen LogP contribution in [0.2, 0.25) is 0 Å². The zero-order valence-electron chi connectivity index (χ0n) is 11.9. The largest absolute Gasteiger partial charge is 0.341 e. The Bertz CT molecular complexity index is 586. The second kappa shape index (κ2) is 5.22. The van der Waals surface area contributed by atoms with E-state index in [1.807, 2.05) is 11.8 Å². The van der Waals surface area contributed by atoms with Crippen molar-refractivity contribution in [2.75, 3.05) is 19.3 Å². The number of rotatable bonds is 3. The number of thioether (sulfide) groups is 1. The molecule has 0 bridgehead atoms. The van der Waals surface area contributed by atoms with Crippen LogP contribution in [-0.4, -0.2) is 23.9 Å². The SMILES string of the molecule is CNCC1CCSc2c1n(C(C)C)c1ccccc21. The first-order valence-corrected chi connectivity index (χ1v) is 8.12. The van der Waals surface area contributed by atoms with Crippen LogP contribution in [0, 0.1) is 0 Å². The van der Waals surface area contributed by atoms with Crippen molar-refractivity contribution in [2.24, 2.45) is 0 Å². The van der Waals surface area contributed by atoms with E-state index in [0.717, 1.165) is 6.54 Å². The lowest BCUT2D eigenvalue weighted by Gasteiger charge is -2.26. The minimum atomic E-state index is 0.520. The Hall–Kier alpha value is -0.930. The number of hydrogen-bond acceptors (Lipinski definition) is 2. The number of para-hydroxylation sites is 1. The molecule has 0 fully saturated rings. The summed E-state index contributed by atoms with van der Waals surface area (Å²) in [5.74, 6) is 1.89. The molecule has 0 saturated heterocycles. The monoisotopic (exact) mass is 274 g/mol. The van der Waals surface area contributed by atoms with Gasteiger partial charge in [-0.2, -0.15) is 0 Å². The Kier molecular flexibility index (Phi) is 3.59. The van der Waals surface area contributed by atoms with Crippen molar-refractivity contribution >= 4 is 22.7 Å². The highest BCUT2D eigenvalue weighted by Crippen LogP contribution is 2.44. The molecule has 1 aliphatic rings. The van der Waals surface area contributed by atoms with Gasteiger partial charge in [0.15, 0.2) is 0 Å². The molecule has 0 saturated carbocycles. The highest BCUT2D eigenvalue weighted by molar-refractivity contribution is 7.99. The molecule has 1 atom stereocenters. The van der Waals surface area contributed by atoms with Crippen molar-refractivity contribution in [3.05, 3.63) is 30.0 Å². The van der Waals surface area contributed by atoms with Gasteiger partial charge in [0.05, 0.1) is 0 Å². The molecule has 3 heteroatoms. The van der Waals surface area contributed by atoms with Crippen molar-refractivity contribution < 1.29 is 0 Å². The fraction of sp³-hybridized carbons (Fsp3) is 0.500. The van der Waals surface area contributed by atoms with Gasteiger partial charge in [0.1, 0.15) is 0 Å². The van der Waals surface area contributed by atoms with Gasteiger partial charge < -0.3 is 9.88 Å². The summed E-state index contributed by atoms with van der Waals surface area (Å²) in [4.78, 5) is 1.52. The number of benzene rings is 1. The van der Waals surface area contributed by atoms with Crippen LogP contribution in [0.15, 0.2) is 29.2 Å². The molecule has 0 spiro atoms. The second-order valence-electron chi connectivity index (χ2n) is 5.59. The highest BCUT2D eigenvalue weighted by atomic mass is 32.2. The lowest BCUT2D eigenvalue weighted by molar-refractivity contribution is 0.514. The number of nitrogens with one attached hydrogen (secondary N) is 1. The smallest absolute Gasteiger partial charge is 0.0496 e. The van der Waals surface area contributed by atoms with Gasteiger partial charge in [-0.05, 0) is 39.1 Å². The molecule has 0 aliphatic carbocycles. The minimum Gasteiger partial charge on any atom is -0.341 e. The average Bonchev–Trinajstić information content (AvgIpc) is 2.75. The molecule has 102 valence electrons. The van der Waals surface area contributed by atoms with Crippen LogP contribution in [0.25, 0.3) is 10.9 Å². The van der Waals surface area contributed by atoms with Gasteiger partial charge in [-0.1, -0.05) is 18.2 Å². The molecule has 19 heavy (non-hydrogen) atoms. The summed E-state index contributed by atoms with van der Waals surface area (Å²) in [5, 5.41) is 4.81. The molecule has 1 aromatic heterocycles. The quantitative estimate of drug-likeness (QED) is 0.910. The van der Waals surface area contributed by atoms with E-state index in [1.165, 1.54) is 28.0 Å². The average molecular weight is 274 g/mol. The van der Waals surface area contributed by atoms with Crippen LogP contribution in [0.5, 0.6) is 0 Å². The van der Waals surface area contributed by atoms with E-state index < -0.39 is 0 Å². The van der Waals surface area contributed by atoms with Gasteiger partial charge >= 0.3 is 0 Å². The Morgan fingerprint density at radius 2 is 2.16 bits per heavy atom. The number of likely N-dealkylation sites (N-methyl/N-ethyl adjacent to an activating group) is 1. The fourth-order valence-electron chi connectivity index (χ4n) is 3.23. The molecule has 0 amide bonds. The first-order chi connectivity index (χ1) is 9.24. The molecule has 2 heterocycles. The summed E-state index contributed by atoms with van der Waals surface area (Å²) >= 11 is 2.04. The van der Waals surface area contributed by atoms with Crippen LogP contribution >= 0.6 is 11.8 Å². The Balaban J connectivity index is 2.27. The summed E-state index contributed by atoms with van der Waals surface area (Å²) < 4.78 is 2.55. The maximum atomic E-state index is 3.37. The van der Waals surface area contributed by atoms with Crippen molar-refractivity contribution in [1.29, 1.82) is 0 Å². The van der Waals surface area contributed by atoms with E-state index in [2.05, 4.69) is 55.0 Å². The zero-order valence-corrected chi connectivity index (χ0v) is 12.8. The number of nitrogens with zero attached hydrogens (tertiary/aromatic N) is 1. The molecule has 1 N–H and O–H groups in total. The van der Waals surface area contributed by atoms with E-state index >= 15 is 0 Å². The van der Waals surface area contributed by atoms with Gasteiger partial charge in [0.25, 0.3) is 0 Å². The Labute approximate surface area is 119 Å². The van der Waals surface area contributed by atoms with E-state index in [9.17, 15) is 0 Å². The van der Waals surface area contributed by atoms with Gasteiger partial charge in [0, 0.05) is 40.0 Å². The Morgan fingerprint density at radius 3 is 2.89 bits per heavy atom. The van der Waals surface area contributed by atoms with Gasteiger partial charge in [0.2, 0.25) is 0 Å². The molecule has 3 rings (SSSR count). The first kappa shape index (κ1) is 13.1. The van der Waals surface area contributed by atoms with Gasteiger partial charge in [-0.3, -0.25) is 0 Å². The predicted octanol–water partition coefficient (Wildman–Crippen LogP) is 4.02. The maximum absolute atomic E-state index is 3.37.